The molecule has 17 heavy (non-hydrogen) atoms. The fourth-order valence-corrected chi connectivity index (χ4v) is 1.63. The van der Waals surface area contributed by atoms with Crippen molar-refractivity contribution in [2.45, 2.75) is 6.92 Å². The number of aryl methyl sites for hydroxylation is 2. The molecule has 0 saturated heterocycles. The third kappa shape index (κ3) is 2.63. The molecule has 0 bridgehead atoms. The first kappa shape index (κ1) is 11.2. The third-order valence-electron chi connectivity index (χ3n) is 2.32. The van der Waals surface area contributed by atoms with E-state index >= 15 is 0 Å². The molecule has 0 radical (unpaired) electrons. The lowest BCUT2D eigenvalue weighted by Crippen LogP contribution is -2.12. The van der Waals surface area contributed by atoms with Crippen molar-refractivity contribution in [1.82, 2.24) is 9.78 Å². The number of nitrogens with one attached hydrogen (secondary N) is 1. The summed E-state index contributed by atoms with van der Waals surface area (Å²) < 4.78 is 1.63. The molecule has 3 N–H and O–H groups in total. The summed E-state index contributed by atoms with van der Waals surface area (Å²) in [4.78, 5) is 11.9. The maximum atomic E-state index is 11.9. The van der Waals surface area contributed by atoms with Crippen LogP contribution in [0, 0.1) is 6.92 Å². The van der Waals surface area contributed by atoms with E-state index in [0.29, 0.717) is 16.9 Å². The van der Waals surface area contributed by atoms with Gasteiger partial charge in [0.1, 0.15) is 0 Å². The highest BCUT2D eigenvalue weighted by Crippen LogP contribution is 2.13. The molecule has 1 amide bonds. The number of hydrogen-bond donors (Lipinski definition) is 2. The van der Waals surface area contributed by atoms with Crippen molar-refractivity contribution < 1.29 is 4.79 Å². The van der Waals surface area contributed by atoms with Crippen molar-refractivity contribution in [1.29, 1.82) is 0 Å². The number of rotatable bonds is 2. The highest BCUT2D eigenvalue weighted by molar-refractivity contribution is 6.04. The summed E-state index contributed by atoms with van der Waals surface area (Å²) in [5, 5.41) is 6.73. The molecule has 0 atom stereocenters. The van der Waals surface area contributed by atoms with Crippen molar-refractivity contribution >= 4 is 17.3 Å². The summed E-state index contributed by atoms with van der Waals surface area (Å²) in [5.41, 5.74) is 8.45. The molecule has 0 unspecified atom stereocenters. The second-order valence-corrected chi connectivity index (χ2v) is 3.99. The fourth-order valence-electron chi connectivity index (χ4n) is 1.63. The smallest absolute Gasteiger partial charge is 0.255 e. The number of anilines is 2. The molecule has 2 aromatic rings. The maximum absolute atomic E-state index is 11.9. The minimum Gasteiger partial charge on any atom is -0.399 e. The molecule has 1 aromatic heterocycles. The third-order valence-corrected chi connectivity index (χ3v) is 2.32. The van der Waals surface area contributed by atoms with Crippen LogP contribution in [0.5, 0.6) is 0 Å². The van der Waals surface area contributed by atoms with Crippen LogP contribution in [-0.2, 0) is 7.05 Å². The standard InChI is InChI=1S/C12H14N4O/c1-8-3-9(5-10(13)4-8)12(17)15-11-6-14-16(2)7-11/h3-7H,13H2,1-2H3,(H,15,17). The minimum absolute atomic E-state index is 0.187. The molecule has 2 rings (SSSR count). The number of carbonyl (C=O) groups excluding carboxylic acids is 1. The highest BCUT2D eigenvalue weighted by Gasteiger charge is 2.08. The fraction of sp³-hybridized carbons (Fsp3) is 0.167. The van der Waals surface area contributed by atoms with Crippen molar-refractivity contribution in [3.05, 3.63) is 41.7 Å². The van der Waals surface area contributed by atoms with Gasteiger partial charge in [0.2, 0.25) is 0 Å². The van der Waals surface area contributed by atoms with Crippen molar-refractivity contribution in [3.8, 4) is 0 Å². The molecule has 88 valence electrons. The van der Waals surface area contributed by atoms with E-state index in [4.69, 9.17) is 5.73 Å². The van der Waals surface area contributed by atoms with Crippen molar-refractivity contribution in [2.24, 2.45) is 7.05 Å². The molecule has 0 aliphatic rings. The van der Waals surface area contributed by atoms with Gasteiger partial charge in [-0.3, -0.25) is 9.48 Å². The molecule has 1 aromatic carbocycles. The highest BCUT2D eigenvalue weighted by atomic mass is 16.1. The predicted molar refractivity (Wildman–Crippen MR) is 66.8 cm³/mol. The van der Waals surface area contributed by atoms with Crippen molar-refractivity contribution in [2.75, 3.05) is 11.1 Å². The lowest BCUT2D eigenvalue weighted by Gasteiger charge is -2.04. The lowest BCUT2D eigenvalue weighted by molar-refractivity contribution is 0.102. The van der Waals surface area contributed by atoms with Crippen LogP contribution in [0.15, 0.2) is 30.6 Å². The van der Waals surface area contributed by atoms with E-state index in [0.717, 1.165) is 5.56 Å². The quantitative estimate of drug-likeness (QED) is 0.769. The van der Waals surface area contributed by atoms with E-state index in [-0.39, 0.29) is 5.91 Å². The largest absolute Gasteiger partial charge is 0.399 e. The average Bonchev–Trinajstić information content (AvgIpc) is 2.62. The molecule has 0 spiro atoms. The summed E-state index contributed by atoms with van der Waals surface area (Å²) in [6, 6.07) is 5.27. The summed E-state index contributed by atoms with van der Waals surface area (Å²) >= 11 is 0. The zero-order valence-corrected chi connectivity index (χ0v) is 9.77. The average molecular weight is 230 g/mol. The number of benzene rings is 1. The lowest BCUT2D eigenvalue weighted by atomic mass is 10.1. The Morgan fingerprint density at radius 1 is 1.41 bits per heavy atom. The topological polar surface area (TPSA) is 72.9 Å². The number of carbonyl (C=O) groups is 1. The molecule has 0 aliphatic carbocycles. The second-order valence-electron chi connectivity index (χ2n) is 3.99. The molecular formula is C12H14N4O. The van der Waals surface area contributed by atoms with Crippen molar-refractivity contribution in [3.63, 3.8) is 0 Å². The van der Waals surface area contributed by atoms with E-state index in [9.17, 15) is 4.79 Å². The normalized spacial score (nSPS) is 10.2. The van der Waals surface area contributed by atoms with Crippen LogP contribution in [0.25, 0.3) is 0 Å². The van der Waals surface area contributed by atoms with E-state index in [2.05, 4.69) is 10.4 Å². The molecule has 5 heteroatoms. The van der Waals surface area contributed by atoms with E-state index in [1.54, 1.807) is 36.3 Å². The molecule has 5 nitrogen and oxygen atoms in total. The first-order chi connectivity index (χ1) is 8.04. The van der Waals surface area contributed by atoms with Gasteiger partial charge in [0, 0.05) is 24.5 Å². The van der Waals surface area contributed by atoms with Gasteiger partial charge in [-0.1, -0.05) is 0 Å². The van der Waals surface area contributed by atoms with Crippen LogP contribution in [0.1, 0.15) is 15.9 Å². The van der Waals surface area contributed by atoms with Crippen LogP contribution < -0.4 is 11.1 Å². The number of nitrogens with two attached hydrogens (primary N) is 1. The van der Waals surface area contributed by atoms with Gasteiger partial charge in [-0.2, -0.15) is 5.10 Å². The Hall–Kier alpha value is -2.30. The Bertz CT molecular complexity index is 539. The summed E-state index contributed by atoms with van der Waals surface area (Å²) in [6.07, 6.45) is 3.33. The van der Waals surface area contributed by atoms with Crippen LogP contribution in [0.3, 0.4) is 0 Å². The zero-order valence-electron chi connectivity index (χ0n) is 9.77. The Kier molecular flexibility index (Phi) is 2.82. The first-order valence-corrected chi connectivity index (χ1v) is 5.22. The summed E-state index contributed by atoms with van der Waals surface area (Å²) in [5.74, 6) is -0.187. The molecule has 1 heterocycles. The number of nitrogens with zero attached hydrogens (tertiary/aromatic N) is 2. The minimum atomic E-state index is -0.187. The monoisotopic (exact) mass is 230 g/mol. The van der Waals surface area contributed by atoms with Gasteiger partial charge in [-0.05, 0) is 30.7 Å². The van der Waals surface area contributed by atoms with Gasteiger partial charge in [0.05, 0.1) is 11.9 Å². The second kappa shape index (κ2) is 4.29. The van der Waals surface area contributed by atoms with E-state index in [1.165, 1.54) is 0 Å². The first-order valence-electron chi connectivity index (χ1n) is 5.22. The molecule has 0 saturated carbocycles. The van der Waals surface area contributed by atoms with Gasteiger partial charge in [0.15, 0.2) is 0 Å². The van der Waals surface area contributed by atoms with Gasteiger partial charge < -0.3 is 11.1 Å². The van der Waals surface area contributed by atoms with Crippen LogP contribution in [-0.4, -0.2) is 15.7 Å². The number of amides is 1. The number of nitrogen functional groups attached to an aromatic ring is 1. The van der Waals surface area contributed by atoms with Crippen LogP contribution >= 0.6 is 0 Å². The van der Waals surface area contributed by atoms with Crippen LogP contribution in [0.2, 0.25) is 0 Å². The molecule has 0 fully saturated rings. The van der Waals surface area contributed by atoms with Gasteiger partial charge in [-0.25, -0.2) is 0 Å². The van der Waals surface area contributed by atoms with Crippen LogP contribution in [0.4, 0.5) is 11.4 Å². The Labute approximate surface area is 99.2 Å². The van der Waals surface area contributed by atoms with Gasteiger partial charge >= 0.3 is 0 Å². The zero-order chi connectivity index (χ0) is 12.4. The SMILES string of the molecule is Cc1cc(N)cc(C(=O)Nc2cnn(C)c2)c1. The Morgan fingerprint density at radius 2 is 2.18 bits per heavy atom. The summed E-state index contributed by atoms with van der Waals surface area (Å²) in [7, 11) is 1.79. The van der Waals surface area contributed by atoms with Gasteiger partial charge in [0.25, 0.3) is 5.91 Å². The van der Waals surface area contributed by atoms with E-state index in [1.807, 2.05) is 13.0 Å². The maximum Gasteiger partial charge on any atom is 0.255 e. The number of hydrogen-bond acceptors (Lipinski definition) is 3. The number of aromatic nitrogens is 2. The Balaban J connectivity index is 2.19. The summed E-state index contributed by atoms with van der Waals surface area (Å²) in [6.45, 7) is 1.90. The molecular weight excluding hydrogens is 216 g/mol. The van der Waals surface area contributed by atoms with Gasteiger partial charge in [-0.15, -0.1) is 0 Å². The van der Waals surface area contributed by atoms with E-state index < -0.39 is 0 Å². The Morgan fingerprint density at radius 3 is 2.76 bits per heavy atom. The molecule has 0 aliphatic heterocycles. The predicted octanol–water partition coefficient (Wildman–Crippen LogP) is 1.56.